The van der Waals surface area contributed by atoms with Gasteiger partial charge in [-0.15, -0.1) is 0 Å². The molecule has 0 radical (unpaired) electrons. The molecule has 0 saturated carbocycles. The second-order valence-electron chi connectivity index (χ2n) is 4.53. The van der Waals surface area contributed by atoms with Gasteiger partial charge in [0.25, 0.3) is 5.91 Å². The van der Waals surface area contributed by atoms with Crippen LogP contribution in [0.4, 0.5) is 4.79 Å². The van der Waals surface area contributed by atoms with Crippen LogP contribution in [0.2, 0.25) is 0 Å². The quantitative estimate of drug-likeness (QED) is 0.867. The van der Waals surface area contributed by atoms with Crippen molar-refractivity contribution >= 4 is 12.0 Å². The number of alkyl carbamates (subject to hydrolysis) is 1. The summed E-state index contributed by atoms with van der Waals surface area (Å²) in [6.07, 6.45) is 2.00. The normalized spacial score (nSPS) is 10.7. The summed E-state index contributed by atoms with van der Waals surface area (Å²) in [6, 6.07) is 1.53. The van der Waals surface area contributed by atoms with Crippen molar-refractivity contribution in [2.75, 3.05) is 7.11 Å². The van der Waals surface area contributed by atoms with E-state index >= 15 is 0 Å². The number of methoxy groups -OCH3 is 1. The number of hydrogen-bond acceptors (Lipinski definition) is 5. The van der Waals surface area contributed by atoms with E-state index in [-0.39, 0.29) is 5.56 Å². The molecule has 0 spiro atoms. The van der Waals surface area contributed by atoms with Gasteiger partial charge in [-0.25, -0.2) is 4.79 Å². The van der Waals surface area contributed by atoms with Crippen molar-refractivity contribution in [1.82, 2.24) is 10.3 Å². The Labute approximate surface area is 105 Å². The van der Waals surface area contributed by atoms with Gasteiger partial charge in [0.2, 0.25) is 0 Å². The molecule has 1 heterocycles. The van der Waals surface area contributed by atoms with Crippen LogP contribution in [0.25, 0.3) is 0 Å². The number of carbonyl (C=O) groups is 2. The molecule has 98 valence electrons. The minimum atomic E-state index is -0.807. The van der Waals surface area contributed by atoms with Gasteiger partial charge < -0.3 is 9.47 Å². The minimum Gasteiger partial charge on any atom is -0.496 e. The van der Waals surface area contributed by atoms with E-state index in [9.17, 15) is 9.59 Å². The molecular formula is C12H16N2O4. The molecule has 1 N–H and O–H groups in total. The number of nitrogens with one attached hydrogen (secondary N) is 1. The molecule has 0 aliphatic rings. The van der Waals surface area contributed by atoms with Crippen molar-refractivity contribution in [3.63, 3.8) is 0 Å². The molecule has 0 fully saturated rings. The fourth-order valence-electron chi connectivity index (χ4n) is 1.19. The van der Waals surface area contributed by atoms with Gasteiger partial charge in [0.15, 0.2) is 0 Å². The third-order valence-electron chi connectivity index (χ3n) is 1.86. The van der Waals surface area contributed by atoms with Gasteiger partial charge in [0.05, 0.1) is 7.11 Å². The molecule has 0 aliphatic carbocycles. The minimum absolute atomic E-state index is 0.172. The highest BCUT2D eigenvalue weighted by Crippen LogP contribution is 2.15. The van der Waals surface area contributed by atoms with E-state index in [1.807, 2.05) is 0 Å². The Bertz CT molecular complexity index is 452. The molecule has 6 heteroatoms. The molecule has 0 saturated heterocycles. The van der Waals surface area contributed by atoms with Crippen molar-refractivity contribution in [1.29, 1.82) is 0 Å². The van der Waals surface area contributed by atoms with Crippen LogP contribution < -0.4 is 10.1 Å². The molecule has 0 aliphatic heterocycles. The van der Waals surface area contributed by atoms with Crippen LogP contribution in [-0.2, 0) is 4.74 Å². The molecule has 6 nitrogen and oxygen atoms in total. The molecule has 0 bridgehead atoms. The average molecular weight is 252 g/mol. The molecule has 1 aromatic rings. The Morgan fingerprint density at radius 2 is 2.00 bits per heavy atom. The van der Waals surface area contributed by atoms with Gasteiger partial charge in [-0.1, -0.05) is 0 Å². The van der Waals surface area contributed by atoms with Crippen molar-refractivity contribution < 1.29 is 19.1 Å². The molecular weight excluding hydrogens is 236 g/mol. The summed E-state index contributed by atoms with van der Waals surface area (Å²) in [4.78, 5) is 27.0. The first-order valence-corrected chi connectivity index (χ1v) is 5.36. The van der Waals surface area contributed by atoms with Gasteiger partial charge in [-0.05, 0) is 26.8 Å². The van der Waals surface area contributed by atoms with Crippen LogP contribution in [0.1, 0.15) is 31.1 Å². The first-order chi connectivity index (χ1) is 8.33. The zero-order chi connectivity index (χ0) is 13.8. The van der Waals surface area contributed by atoms with Crippen LogP contribution in [0.15, 0.2) is 18.5 Å². The highest BCUT2D eigenvalue weighted by molar-refractivity contribution is 6.04. The van der Waals surface area contributed by atoms with Crippen molar-refractivity contribution in [3.05, 3.63) is 24.0 Å². The molecule has 2 amide bonds. The first-order valence-electron chi connectivity index (χ1n) is 5.36. The van der Waals surface area contributed by atoms with Crippen molar-refractivity contribution in [2.24, 2.45) is 0 Å². The average Bonchev–Trinajstić information content (AvgIpc) is 2.26. The van der Waals surface area contributed by atoms with E-state index in [1.54, 1.807) is 20.8 Å². The molecule has 18 heavy (non-hydrogen) atoms. The number of hydrogen-bond donors (Lipinski definition) is 1. The number of nitrogens with zero attached hydrogens (tertiary/aromatic N) is 1. The van der Waals surface area contributed by atoms with Gasteiger partial charge >= 0.3 is 6.09 Å². The molecule has 0 unspecified atom stereocenters. The highest BCUT2D eigenvalue weighted by Gasteiger charge is 2.20. The summed E-state index contributed by atoms with van der Waals surface area (Å²) in [7, 11) is 1.43. The van der Waals surface area contributed by atoms with E-state index in [2.05, 4.69) is 10.3 Å². The topological polar surface area (TPSA) is 77.5 Å². The SMILES string of the molecule is COc1ccncc1C(=O)NC(=O)OC(C)(C)C. The van der Waals surface area contributed by atoms with E-state index in [1.165, 1.54) is 25.6 Å². The van der Waals surface area contributed by atoms with Crippen molar-refractivity contribution in [3.8, 4) is 5.75 Å². The predicted octanol–water partition coefficient (Wildman–Crippen LogP) is 1.76. The Kier molecular flexibility index (Phi) is 4.25. The maximum Gasteiger partial charge on any atom is 0.414 e. The highest BCUT2D eigenvalue weighted by atomic mass is 16.6. The summed E-state index contributed by atoms with van der Waals surface area (Å²) in [5, 5.41) is 2.11. The maximum atomic E-state index is 11.8. The van der Waals surface area contributed by atoms with Gasteiger partial charge in [-0.2, -0.15) is 0 Å². The number of amides is 2. The number of carbonyl (C=O) groups excluding carboxylic acids is 2. The van der Waals surface area contributed by atoms with E-state index in [4.69, 9.17) is 9.47 Å². The fourth-order valence-corrected chi connectivity index (χ4v) is 1.19. The smallest absolute Gasteiger partial charge is 0.414 e. The van der Waals surface area contributed by atoms with Gasteiger partial charge in [0.1, 0.15) is 16.9 Å². The predicted molar refractivity (Wildman–Crippen MR) is 64.5 cm³/mol. The lowest BCUT2D eigenvalue weighted by Crippen LogP contribution is -2.36. The third kappa shape index (κ3) is 4.04. The zero-order valence-corrected chi connectivity index (χ0v) is 10.8. The summed E-state index contributed by atoms with van der Waals surface area (Å²) in [5.41, 5.74) is -0.491. The maximum absolute atomic E-state index is 11.8. The molecule has 1 aromatic heterocycles. The fraction of sp³-hybridized carbons (Fsp3) is 0.417. The Balaban J connectivity index is 2.74. The summed E-state index contributed by atoms with van der Waals surface area (Å²) in [5.74, 6) is -0.278. The van der Waals surface area contributed by atoms with Gasteiger partial charge in [0, 0.05) is 12.4 Å². The standard InChI is InChI=1S/C12H16N2O4/c1-12(2,3)18-11(16)14-10(15)8-7-13-6-5-9(8)17-4/h5-7H,1-4H3,(H,14,15,16). The van der Waals surface area contributed by atoms with E-state index in [0.29, 0.717) is 5.75 Å². The zero-order valence-electron chi connectivity index (χ0n) is 10.8. The van der Waals surface area contributed by atoms with Crippen LogP contribution in [0, 0.1) is 0 Å². The van der Waals surface area contributed by atoms with Crippen LogP contribution in [-0.4, -0.2) is 29.7 Å². The Morgan fingerprint density at radius 3 is 2.56 bits per heavy atom. The summed E-state index contributed by atoms with van der Waals surface area (Å²) >= 11 is 0. The van der Waals surface area contributed by atoms with E-state index < -0.39 is 17.6 Å². The van der Waals surface area contributed by atoms with Crippen LogP contribution >= 0.6 is 0 Å². The largest absolute Gasteiger partial charge is 0.496 e. The lowest BCUT2D eigenvalue weighted by molar-refractivity contribution is 0.0508. The van der Waals surface area contributed by atoms with E-state index in [0.717, 1.165) is 0 Å². The Hall–Kier alpha value is -2.11. The third-order valence-corrected chi connectivity index (χ3v) is 1.86. The monoisotopic (exact) mass is 252 g/mol. The molecule has 0 atom stereocenters. The lowest BCUT2D eigenvalue weighted by atomic mass is 10.2. The second kappa shape index (κ2) is 5.48. The van der Waals surface area contributed by atoms with Crippen molar-refractivity contribution in [2.45, 2.75) is 26.4 Å². The number of rotatable bonds is 2. The second-order valence-corrected chi connectivity index (χ2v) is 4.53. The van der Waals surface area contributed by atoms with Crippen LogP contribution in [0.5, 0.6) is 5.75 Å². The van der Waals surface area contributed by atoms with Gasteiger partial charge in [-0.3, -0.25) is 15.1 Å². The Morgan fingerprint density at radius 1 is 1.33 bits per heavy atom. The first kappa shape index (κ1) is 14.0. The molecule has 1 rings (SSSR count). The van der Waals surface area contributed by atoms with Crippen LogP contribution in [0.3, 0.4) is 0 Å². The number of ether oxygens (including phenoxy) is 2. The summed E-state index contributed by atoms with van der Waals surface area (Å²) in [6.45, 7) is 5.13. The number of imide groups is 1. The number of pyridine rings is 1. The summed E-state index contributed by atoms with van der Waals surface area (Å²) < 4.78 is 9.97. The number of aromatic nitrogens is 1. The molecule has 0 aromatic carbocycles. The lowest BCUT2D eigenvalue weighted by Gasteiger charge is -2.19.